The van der Waals surface area contributed by atoms with E-state index in [2.05, 4.69) is 0 Å². The minimum atomic E-state index is -0.649. The van der Waals surface area contributed by atoms with E-state index < -0.39 is 11.6 Å². The second kappa shape index (κ2) is 2.86. The Balaban J connectivity index is 2.60. The van der Waals surface area contributed by atoms with Crippen LogP contribution in [0.4, 0.5) is 0 Å². The molecule has 0 radical (unpaired) electrons. The first-order valence-electron chi connectivity index (χ1n) is 3.81. The molecule has 0 aromatic rings. The van der Waals surface area contributed by atoms with Gasteiger partial charge in [0.1, 0.15) is 11.6 Å². The Kier molecular flexibility index (Phi) is 1.82. The van der Waals surface area contributed by atoms with E-state index in [0.717, 1.165) is 22.7 Å². The maximum atomic E-state index is 11.2. The second-order valence-electron chi connectivity index (χ2n) is 2.77. The molecule has 0 bridgehead atoms. The Morgan fingerprint density at radius 1 is 1.46 bits per heavy atom. The van der Waals surface area contributed by atoms with Gasteiger partial charge in [-0.1, -0.05) is 0 Å². The van der Waals surface area contributed by atoms with Crippen molar-refractivity contribution in [1.29, 1.82) is 5.26 Å². The number of hydrogen-bond acceptors (Lipinski definition) is 4. The molecular weight excluding hydrogens is 186 g/mol. The Morgan fingerprint density at radius 3 is 2.92 bits per heavy atom. The van der Waals surface area contributed by atoms with Gasteiger partial charge in [-0.25, -0.2) is 0 Å². The van der Waals surface area contributed by atoms with Crippen LogP contribution in [0.15, 0.2) is 22.1 Å². The summed E-state index contributed by atoms with van der Waals surface area (Å²) >= 11 is 1.53. The van der Waals surface area contributed by atoms with Crippen molar-refractivity contribution in [1.82, 2.24) is 0 Å². The average molecular weight is 191 g/mol. The summed E-state index contributed by atoms with van der Waals surface area (Å²) in [6.07, 6.45) is 2.06. The number of carbonyl (C=O) groups is 2. The highest BCUT2D eigenvalue weighted by Crippen LogP contribution is 2.39. The first-order chi connectivity index (χ1) is 6.24. The zero-order valence-corrected chi connectivity index (χ0v) is 7.48. The van der Waals surface area contributed by atoms with Crippen molar-refractivity contribution < 1.29 is 9.59 Å². The zero-order valence-electron chi connectivity index (χ0n) is 6.66. The van der Waals surface area contributed by atoms with Crippen LogP contribution in [0.25, 0.3) is 0 Å². The molecule has 2 aliphatic rings. The van der Waals surface area contributed by atoms with E-state index in [1.54, 1.807) is 0 Å². The number of fused-ring (bicyclic) bond motifs is 1. The Labute approximate surface area is 79.1 Å². The van der Waals surface area contributed by atoms with Crippen LogP contribution in [-0.2, 0) is 9.59 Å². The first kappa shape index (κ1) is 8.27. The van der Waals surface area contributed by atoms with E-state index in [0.29, 0.717) is 0 Å². The molecule has 1 fully saturated rings. The second-order valence-corrected chi connectivity index (χ2v) is 3.90. The lowest BCUT2D eigenvalue weighted by atomic mass is 9.95. The fourth-order valence-corrected chi connectivity index (χ4v) is 2.51. The van der Waals surface area contributed by atoms with Crippen molar-refractivity contribution >= 4 is 23.3 Å². The van der Waals surface area contributed by atoms with Crippen molar-refractivity contribution in [2.45, 2.75) is 6.42 Å². The number of carbonyl (C=O) groups excluding carboxylic acids is 2. The molecule has 0 aromatic carbocycles. The number of allylic oxidation sites excluding steroid dienone is 3. The lowest BCUT2D eigenvalue weighted by molar-refractivity contribution is -0.131. The normalized spacial score (nSPS) is 21.3. The van der Waals surface area contributed by atoms with Crippen LogP contribution in [0.3, 0.4) is 0 Å². The van der Waals surface area contributed by atoms with Crippen LogP contribution < -0.4 is 0 Å². The number of Topliss-reactive ketones (excluding diaryl/α,β-unsaturated/α-hetero) is 1. The van der Waals surface area contributed by atoms with Crippen LogP contribution in [0.5, 0.6) is 0 Å². The topological polar surface area (TPSA) is 57.9 Å². The van der Waals surface area contributed by atoms with Gasteiger partial charge in [-0.2, -0.15) is 5.26 Å². The summed E-state index contributed by atoms with van der Waals surface area (Å²) in [6.45, 7) is 0. The molecule has 0 aromatic heterocycles. The minimum absolute atomic E-state index is 0.0486. The largest absolute Gasteiger partial charge is 0.285 e. The van der Waals surface area contributed by atoms with Gasteiger partial charge in [0.25, 0.3) is 0 Å². The fraction of sp³-hybridized carbons (Fsp3) is 0.222. The maximum absolute atomic E-state index is 11.2. The third kappa shape index (κ3) is 1.12. The van der Waals surface area contributed by atoms with Crippen molar-refractivity contribution in [3.05, 3.63) is 22.1 Å². The van der Waals surface area contributed by atoms with E-state index in [9.17, 15) is 9.59 Å². The summed E-state index contributed by atoms with van der Waals surface area (Å²) in [5.41, 5.74) is 0.810. The van der Waals surface area contributed by atoms with E-state index in [-0.39, 0.29) is 5.57 Å². The number of hydrogen-bond donors (Lipinski definition) is 0. The van der Waals surface area contributed by atoms with Gasteiger partial charge in [0.15, 0.2) is 0 Å². The van der Waals surface area contributed by atoms with Gasteiger partial charge in [0.05, 0.1) is 0 Å². The van der Waals surface area contributed by atoms with Crippen LogP contribution in [-0.4, -0.2) is 17.3 Å². The molecule has 1 heterocycles. The Bertz CT molecular complexity index is 412. The van der Waals surface area contributed by atoms with Gasteiger partial charge in [-0.3, -0.25) is 9.59 Å². The molecule has 13 heavy (non-hydrogen) atoms. The maximum Gasteiger partial charge on any atom is 0.243 e. The van der Waals surface area contributed by atoms with Crippen molar-refractivity contribution in [3.8, 4) is 6.07 Å². The Morgan fingerprint density at radius 2 is 2.23 bits per heavy atom. The summed E-state index contributed by atoms with van der Waals surface area (Å²) in [7, 11) is 0. The molecule has 0 amide bonds. The molecule has 3 nitrogen and oxygen atoms in total. The average Bonchev–Trinajstić information content (AvgIpc) is 2.54. The van der Waals surface area contributed by atoms with Crippen LogP contribution >= 0.6 is 11.8 Å². The molecule has 0 spiro atoms. The third-order valence-corrected chi connectivity index (χ3v) is 3.12. The van der Waals surface area contributed by atoms with Crippen LogP contribution in [0.2, 0.25) is 0 Å². The number of rotatable bonds is 0. The molecule has 0 saturated carbocycles. The molecule has 0 unspecified atom stereocenters. The SMILES string of the molecule is N#CC1=C2CCSC2=CC(=O)C1=O. The third-order valence-electron chi connectivity index (χ3n) is 2.03. The smallest absolute Gasteiger partial charge is 0.243 e. The highest BCUT2D eigenvalue weighted by atomic mass is 32.2. The van der Waals surface area contributed by atoms with E-state index in [1.807, 2.05) is 6.07 Å². The van der Waals surface area contributed by atoms with Gasteiger partial charge in [-0.05, 0) is 12.0 Å². The number of ketones is 2. The highest BCUT2D eigenvalue weighted by molar-refractivity contribution is 8.03. The van der Waals surface area contributed by atoms with E-state index in [4.69, 9.17) is 5.26 Å². The molecule has 0 atom stereocenters. The van der Waals surface area contributed by atoms with Crippen LogP contribution in [0.1, 0.15) is 6.42 Å². The lowest BCUT2D eigenvalue weighted by Gasteiger charge is -2.07. The number of nitrogens with zero attached hydrogens (tertiary/aromatic N) is 1. The fourth-order valence-electron chi connectivity index (χ4n) is 1.41. The van der Waals surface area contributed by atoms with Crippen molar-refractivity contribution in [3.63, 3.8) is 0 Å². The predicted octanol–water partition coefficient (Wildman–Crippen LogP) is 0.979. The predicted molar refractivity (Wildman–Crippen MR) is 47.8 cm³/mol. The monoisotopic (exact) mass is 191 g/mol. The highest BCUT2D eigenvalue weighted by Gasteiger charge is 2.31. The summed E-state index contributed by atoms with van der Waals surface area (Å²) in [5.74, 6) is -0.360. The molecular formula is C9H5NO2S. The quantitative estimate of drug-likeness (QED) is 0.423. The van der Waals surface area contributed by atoms with Gasteiger partial charge in [0.2, 0.25) is 11.6 Å². The summed E-state index contributed by atoms with van der Waals surface area (Å²) in [6, 6.07) is 1.81. The lowest BCUT2D eigenvalue weighted by Crippen LogP contribution is -2.18. The van der Waals surface area contributed by atoms with Gasteiger partial charge < -0.3 is 0 Å². The van der Waals surface area contributed by atoms with Crippen molar-refractivity contribution in [2.24, 2.45) is 0 Å². The van der Waals surface area contributed by atoms with Gasteiger partial charge >= 0.3 is 0 Å². The molecule has 0 N–H and O–H groups in total. The number of nitriles is 1. The summed E-state index contributed by atoms with van der Waals surface area (Å²) in [5, 5.41) is 8.71. The summed E-state index contributed by atoms with van der Waals surface area (Å²) < 4.78 is 0. The molecule has 2 rings (SSSR count). The standard InChI is InChI=1S/C9H5NO2S/c10-4-6-5-1-2-13-8(5)3-7(11)9(6)12/h3H,1-2H2. The molecule has 1 aliphatic carbocycles. The molecule has 1 aliphatic heterocycles. The van der Waals surface area contributed by atoms with Crippen molar-refractivity contribution in [2.75, 3.05) is 5.75 Å². The zero-order chi connectivity index (χ0) is 9.42. The Hall–Kier alpha value is -1.34. The van der Waals surface area contributed by atoms with E-state index >= 15 is 0 Å². The molecule has 64 valence electrons. The van der Waals surface area contributed by atoms with Gasteiger partial charge in [0, 0.05) is 16.7 Å². The van der Waals surface area contributed by atoms with E-state index in [1.165, 1.54) is 17.8 Å². The minimum Gasteiger partial charge on any atom is -0.285 e. The number of thioether (sulfide) groups is 1. The van der Waals surface area contributed by atoms with Gasteiger partial charge in [-0.15, -0.1) is 11.8 Å². The molecule has 1 saturated heterocycles. The summed E-state index contributed by atoms with van der Waals surface area (Å²) in [4.78, 5) is 23.1. The van der Waals surface area contributed by atoms with Crippen LogP contribution in [0, 0.1) is 11.3 Å². The molecule has 4 heteroatoms. The first-order valence-corrected chi connectivity index (χ1v) is 4.79.